The van der Waals surface area contributed by atoms with Gasteiger partial charge >= 0.3 is 11.9 Å². The van der Waals surface area contributed by atoms with E-state index in [-0.39, 0.29) is 0 Å². The first-order valence-electron chi connectivity index (χ1n) is 5.59. The fourth-order valence-corrected chi connectivity index (χ4v) is 1.18. The highest BCUT2D eigenvalue weighted by Crippen LogP contribution is 2.10. The molecule has 0 aliphatic heterocycles. The smallest absolute Gasteiger partial charge is 0.343 e. The molecule has 0 saturated carbocycles. The fourth-order valence-electron chi connectivity index (χ4n) is 1.18. The van der Waals surface area contributed by atoms with E-state index in [1.807, 2.05) is 0 Å². The molecule has 0 unspecified atom stereocenters. The van der Waals surface area contributed by atoms with E-state index in [1.165, 1.54) is 19.0 Å². The monoisotopic (exact) mass is 288 g/mol. The lowest BCUT2D eigenvalue weighted by molar-refractivity contribution is -0.140. The highest BCUT2D eigenvalue weighted by molar-refractivity contribution is 6.16. The van der Waals surface area contributed by atoms with Crippen molar-refractivity contribution in [1.82, 2.24) is 15.0 Å². The highest BCUT2D eigenvalue weighted by atomic mass is 16.4. The lowest BCUT2D eigenvalue weighted by Crippen LogP contribution is -2.10. The van der Waals surface area contributed by atoms with Crippen molar-refractivity contribution in [1.29, 1.82) is 0 Å². The second-order valence-corrected chi connectivity index (χ2v) is 3.63. The highest BCUT2D eigenvalue weighted by Gasteiger charge is 2.15. The van der Waals surface area contributed by atoms with Crippen LogP contribution in [0.2, 0.25) is 0 Å². The molecule has 0 saturated heterocycles. The molecule has 1 aromatic heterocycles. The third-order valence-corrected chi connectivity index (χ3v) is 2.11. The van der Waals surface area contributed by atoms with Gasteiger partial charge in [-0.15, -0.1) is 0 Å². The van der Waals surface area contributed by atoms with Crippen LogP contribution >= 0.6 is 0 Å². The molecule has 1 aromatic carbocycles. The second-order valence-electron chi connectivity index (χ2n) is 3.63. The Morgan fingerprint density at radius 3 is 1.67 bits per heavy atom. The number of benzene rings is 1. The van der Waals surface area contributed by atoms with Crippen molar-refractivity contribution in [2.24, 2.45) is 0 Å². The molecule has 8 nitrogen and oxygen atoms in total. The van der Waals surface area contributed by atoms with Gasteiger partial charge < -0.3 is 15.9 Å². The topological polar surface area (TPSA) is 139 Å². The van der Waals surface area contributed by atoms with Gasteiger partial charge in [-0.2, -0.15) is 0 Å². The van der Waals surface area contributed by atoms with Crippen LogP contribution in [0.3, 0.4) is 0 Å². The lowest BCUT2D eigenvalue weighted by atomic mass is 10.1. The van der Waals surface area contributed by atoms with Crippen LogP contribution in [-0.2, 0) is 9.59 Å². The number of hydrogen-bond acceptors (Lipinski definition) is 6. The molecule has 108 valence electrons. The number of rotatable bonds is 3. The molecule has 0 bridgehead atoms. The third kappa shape index (κ3) is 5.92. The minimum Gasteiger partial charge on any atom is -0.477 e. The van der Waals surface area contributed by atoms with Crippen LogP contribution in [0.1, 0.15) is 5.56 Å². The zero-order valence-electron chi connectivity index (χ0n) is 10.7. The molecular weight excluding hydrogens is 276 g/mol. The molecule has 0 spiro atoms. The Balaban J connectivity index is 0.000000304. The van der Waals surface area contributed by atoms with Crippen molar-refractivity contribution in [3.8, 4) is 0 Å². The van der Waals surface area contributed by atoms with Crippen LogP contribution in [0.25, 0.3) is 6.08 Å². The first-order chi connectivity index (χ1) is 10.0. The summed E-state index contributed by atoms with van der Waals surface area (Å²) >= 11 is 0. The molecule has 1 heterocycles. The number of anilines is 1. The number of nitrogens with zero attached hydrogens (tertiary/aromatic N) is 3. The second kappa shape index (κ2) is 8.00. The molecule has 0 radical (unpaired) electrons. The molecule has 0 amide bonds. The van der Waals surface area contributed by atoms with E-state index in [0.717, 1.165) is 6.08 Å². The summed E-state index contributed by atoms with van der Waals surface area (Å²) in [4.78, 5) is 31.8. The van der Waals surface area contributed by atoms with Crippen molar-refractivity contribution in [2.45, 2.75) is 0 Å². The Bertz CT molecular complexity index is 584. The summed E-state index contributed by atoms with van der Waals surface area (Å²) in [6.07, 6.45) is 5.39. The molecule has 0 atom stereocenters. The van der Waals surface area contributed by atoms with Crippen LogP contribution in [-0.4, -0.2) is 37.1 Å². The van der Waals surface area contributed by atoms with E-state index in [0.29, 0.717) is 11.3 Å². The molecule has 2 aromatic rings. The van der Waals surface area contributed by atoms with E-state index >= 15 is 0 Å². The van der Waals surface area contributed by atoms with Gasteiger partial charge in [0.2, 0.25) is 0 Å². The average molecular weight is 288 g/mol. The number of nitrogen functional groups attached to an aromatic ring is 1. The standard InChI is InChI=1S/C10H9NO4.C3H3N3/c11-7-3-1-6(2-4-7)5-8(9(12)13)10(14)15;1-4-2-6-3-5-1/h1-5H,11H2,(H,12,13)(H,14,15);1-3H. The van der Waals surface area contributed by atoms with Crippen LogP contribution < -0.4 is 5.73 Å². The molecule has 2 rings (SSSR count). The summed E-state index contributed by atoms with van der Waals surface area (Å²) in [6.45, 7) is 0. The number of carbonyl (C=O) groups is 2. The molecule has 0 aliphatic rings. The van der Waals surface area contributed by atoms with E-state index in [1.54, 1.807) is 24.3 Å². The molecule has 8 heteroatoms. The Morgan fingerprint density at radius 2 is 1.33 bits per heavy atom. The Hall–Kier alpha value is -3.29. The van der Waals surface area contributed by atoms with E-state index < -0.39 is 17.5 Å². The average Bonchev–Trinajstić information content (AvgIpc) is 2.48. The van der Waals surface area contributed by atoms with Gasteiger partial charge in [0, 0.05) is 5.69 Å². The van der Waals surface area contributed by atoms with Gasteiger partial charge in [0.25, 0.3) is 0 Å². The molecule has 21 heavy (non-hydrogen) atoms. The van der Waals surface area contributed by atoms with E-state index in [2.05, 4.69) is 15.0 Å². The summed E-state index contributed by atoms with van der Waals surface area (Å²) in [7, 11) is 0. The van der Waals surface area contributed by atoms with Gasteiger partial charge in [0.05, 0.1) is 0 Å². The van der Waals surface area contributed by atoms with Crippen molar-refractivity contribution >= 4 is 23.7 Å². The number of carboxylic acids is 2. The summed E-state index contributed by atoms with van der Waals surface area (Å²) in [5.41, 5.74) is 5.75. The maximum absolute atomic E-state index is 10.5. The largest absolute Gasteiger partial charge is 0.477 e. The number of carboxylic acid groups (broad SMARTS) is 2. The van der Waals surface area contributed by atoms with Crippen LogP contribution in [0.5, 0.6) is 0 Å². The predicted molar refractivity (Wildman–Crippen MR) is 73.9 cm³/mol. The number of hydrogen-bond donors (Lipinski definition) is 3. The SMILES string of the molecule is Nc1ccc(C=C(C(=O)O)C(=O)O)cc1.c1ncncn1. The van der Waals surface area contributed by atoms with Crippen LogP contribution in [0.4, 0.5) is 5.69 Å². The van der Waals surface area contributed by atoms with Crippen molar-refractivity contribution in [3.05, 3.63) is 54.4 Å². The number of aliphatic carboxylic acids is 2. The summed E-state index contributed by atoms with van der Waals surface area (Å²) in [5.74, 6) is -2.95. The maximum Gasteiger partial charge on any atom is 0.343 e. The molecule has 4 N–H and O–H groups in total. The molecular formula is C13H12N4O4. The summed E-state index contributed by atoms with van der Waals surface area (Å²) in [6, 6.07) is 6.21. The molecule has 0 aliphatic carbocycles. The van der Waals surface area contributed by atoms with Crippen molar-refractivity contribution < 1.29 is 19.8 Å². The van der Waals surface area contributed by atoms with E-state index in [9.17, 15) is 9.59 Å². The number of aromatic nitrogens is 3. The predicted octanol–water partition coefficient (Wildman–Crippen LogP) is 0.693. The van der Waals surface area contributed by atoms with E-state index in [4.69, 9.17) is 15.9 Å². The quantitative estimate of drug-likeness (QED) is 0.324. The minimum atomic E-state index is -1.47. The van der Waals surface area contributed by atoms with Crippen molar-refractivity contribution in [3.63, 3.8) is 0 Å². The number of nitrogens with two attached hydrogens (primary N) is 1. The minimum absolute atomic E-state index is 0.476. The summed E-state index contributed by atoms with van der Waals surface area (Å²) in [5, 5.41) is 17.2. The van der Waals surface area contributed by atoms with Gasteiger partial charge in [-0.3, -0.25) is 0 Å². The Morgan fingerprint density at radius 1 is 0.905 bits per heavy atom. The van der Waals surface area contributed by atoms with Gasteiger partial charge in [-0.05, 0) is 23.8 Å². The first kappa shape index (κ1) is 15.8. The van der Waals surface area contributed by atoms with Crippen LogP contribution in [0, 0.1) is 0 Å². The Kier molecular flexibility index (Phi) is 6.00. The van der Waals surface area contributed by atoms with Gasteiger partial charge in [0.15, 0.2) is 0 Å². The first-order valence-corrected chi connectivity index (χ1v) is 5.59. The third-order valence-electron chi connectivity index (χ3n) is 2.11. The van der Waals surface area contributed by atoms with Crippen molar-refractivity contribution in [2.75, 3.05) is 5.73 Å². The lowest BCUT2D eigenvalue weighted by Gasteiger charge is -1.97. The van der Waals surface area contributed by atoms with Gasteiger partial charge in [0.1, 0.15) is 24.6 Å². The molecule has 0 fully saturated rings. The Labute approximate surface area is 119 Å². The fraction of sp³-hybridized carbons (Fsp3) is 0. The van der Waals surface area contributed by atoms with Crippen LogP contribution in [0.15, 0.2) is 48.8 Å². The van der Waals surface area contributed by atoms with Gasteiger partial charge in [-0.1, -0.05) is 12.1 Å². The normalized spacial score (nSPS) is 8.95. The zero-order valence-corrected chi connectivity index (χ0v) is 10.7. The zero-order chi connectivity index (χ0) is 15.7. The maximum atomic E-state index is 10.5. The summed E-state index contributed by atoms with van der Waals surface area (Å²) < 4.78 is 0. The van der Waals surface area contributed by atoms with Gasteiger partial charge in [-0.25, -0.2) is 24.5 Å².